The maximum absolute atomic E-state index is 12.7. The van der Waals surface area contributed by atoms with Crippen molar-refractivity contribution in [1.82, 2.24) is 20.7 Å². The number of hydrogen-bond acceptors (Lipinski definition) is 3. The molecule has 7 heteroatoms. The van der Waals surface area contributed by atoms with E-state index in [1.807, 2.05) is 0 Å². The number of rotatable bonds is 2. The van der Waals surface area contributed by atoms with Gasteiger partial charge in [0.15, 0.2) is 0 Å². The lowest BCUT2D eigenvalue weighted by Gasteiger charge is -2.42. The summed E-state index contributed by atoms with van der Waals surface area (Å²) in [4.78, 5) is 0. The topological polar surface area (TPSA) is 53.6 Å². The monoisotopic (exact) mass is 324 g/mol. The zero-order valence-corrected chi connectivity index (χ0v) is 13.0. The van der Waals surface area contributed by atoms with E-state index < -0.39 is 11.7 Å². The quantitative estimate of drug-likeness (QED) is 0.887. The first-order valence-corrected chi connectivity index (χ1v) is 7.57. The molecule has 1 aliphatic heterocycles. The molecule has 1 aliphatic rings. The SMILES string of the molecule is CC1CC(C)(c2ccc(C(F)(F)F)cc2)CC(c2cn[nH]n2)N1. The van der Waals surface area contributed by atoms with Crippen molar-refractivity contribution < 1.29 is 13.2 Å². The molecule has 3 rings (SSSR count). The second kappa shape index (κ2) is 5.63. The summed E-state index contributed by atoms with van der Waals surface area (Å²) in [6, 6.07) is 5.79. The van der Waals surface area contributed by atoms with Crippen LogP contribution in [0.4, 0.5) is 13.2 Å². The molecule has 1 saturated heterocycles. The molecular weight excluding hydrogens is 305 g/mol. The van der Waals surface area contributed by atoms with Crippen molar-refractivity contribution in [3.8, 4) is 0 Å². The molecule has 1 fully saturated rings. The second-order valence-corrected chi connectivity index (χ2v) is 6.56. The number of benzene rings is 1. The lowest BCUT2D eigenvalue weighted by molar-refractivity contribution is -0.137. The number of H-pyrrole nitrogens is 1. The molecule has 1 aromatic carbocycles. The third kappa shape index (κ3) is 3.24. The molecule has 124 valence electrons. The van der Waals surface area contributed by atoms with Crippen molar-refractivity contribution >= 4 is 0 Å². The average Bonchev–Trinajstić information content (AvgIpc) is 3.00. The van der Waals surface area contributed by atoms with Crippen molar-refractivity contribution in [3.05, 3.63) is 47.3 Å². The number of nitrogens with zero attached hydrogens (tertiary/aromatic N) is 2. The summed E-state index contributed by atoms with van der Waals surface area (Å²) in [6.45, 7) is 4.18. The summed E-state index contributed by atoms with van der Waals surface area (Å²) in [6.07, 6.45) is -1.01. The maximum Gasteiger partial charge on any atom is 0.416 e. The van der Waals surface area contributed by atoms with E-state index in [0.717, 1.165) is 24.1 Å². The molecule has 0 radical (unpaired) electrons. The van der Waals surface area contributed by atoms with E-state index >= 15 is 0 Å². The highest BCUT2D eigenvalue weighted by atomic mass is 19.4. The number of aromatic amines is 1. The van der Waals surface area contributed by atoms with Crippen molar-refractivity contribution in [2.45, 2.75) is 50.4 Å². The van der Waals surface area contributed by atoms with Crippen LogP contribution in [0.15, 0.2) is 30.5 Å². The van der Waals surface area contributed by atoms with Crippen LogP contribution in [0, 0.1) is 0 Å². The van der Waals surface area contributed by atoms with Crippen LogP contribution in [0.5, 0.6) is 0 Å². The summed E-state index contributed by atoms with van der Waals surface area (Å²) >= 11 is 0. The predicted octanol–water partition coefficient (Wildman–Crippen LogP) is 3.59. The lowest BCUT2D eigenvalue weighted by Crippen LogP contribution is -2.45. The van der Waals surface area contributed by atoms with E-state index in [1.165, 1.54) is 12.1 Å². The van der Waals surface area contributed by atoms with E-state index in [0.29, 0.717) is 0 Å². The van der Waals surface area contributed by atoms with Crippen LogP contribution in [-0.4, -0.2) is 21.5 Å². The van der Waals surface area contributed by atoms with Crippen LogP contribution in [0.25, 0.3) is 0 Å². The minimum Gasteiger partial charge on any atom is -0.306 e. The van der Waals surface area contributed by atoms with Crippen LogP contribution in [0.1, 0.15) is 49.6 Å². The van der Waals surface area contributed by atoms with Gasteiger partial charge in [-0.1, -0.05) is 19.1 Å². The predicted molar refractivity (Wildman–Crippen MR) is 79.8 cm³/mol. The molecule has 3 unspecified atom stereocenters. The number of halogens is 3. The molecule has 0 bridgehead atoms. The molecule has 23 heavy (non-hydrogen) atoms. The number of piperidine rings is 1. The minimum absolute atomic E-state index is 0.0322. The van der Waals surface area contributed by atoms with Crippen molar-refractivity contribution in [2.75, 3.05) is 0 Å². The van der Waals surface area contributed by atoms with Gasteiger partial charge in [0.25, 0.3) is 0 Å². The normalized spacial score (nSPS) is 28.7. The van der Waals surface area contributed by atoms with Crippen molar-refractivity contribution in [3.63, 3.8) is 0 Å². The molecule has 0 amide bonds. The molecule has 0 spiro atoms. The van der Waals surface area contributed by atoms with Crippen molar-refractivity contribution in [2.24, 2.45) is 0 Å². The van der Waals surface area contributed by atoms with E-state index in [1.54, 1.807) is 18.3 Å². The first kappa shape index (κ1) is 16.0. The smallest absolute Gasteiger partial charge is 0.306 e. The number of alkyl halides is 3. The van der Waals surface area contributed by atoms with Crippen LogP contribution in [-0.2, 0) is 11.6 Å². The van der Waals surface area contributed by atoms with E-state index in [-0.39, 0.29) is 17.5 Å². The third-order valence-electron chi connectivity index (χ3n) is 4.60. The van der Waals surface area contributed by atoms with Gasteiger partial charge in [-0.3, -0.25) is 0 Å². The van der Waals surface area contributed by atoms with Gasteiger partial charge in [0.05, 0.1) is 23.5 Å². The second-order valence-electron chi connectivity index (χ2n) is 6.56. The summed E-state index contributed by atoms with van der Waals surface area (Å²) in [7, 11) is 0. The van der Waals surface area contributed by atoms with Crippen LogP contribution in [0.3, 0.4) is 0 Å². The minimum atomic E-state index is -4.30. The lowest BCUT2D eigenvalue weighted by atomic mass is 9.70. The highest BCUT2D eigenvalue weighted by Crippen LogP contribution is 2.42. The van der Waals surface area contributed by atoms with E-state index in [9.17, 15) is 13.2 Å². The Morgan fingerprint density at radius 1 is 1.17 bits per heavy atom. The summed E-state index contributed by atoms with van der Waals surface area (Å²) in [5, 5.41) is 14.1. The highest BCUT2D eigenvalue weighted by Gasteiger charge is 2.38. The van der Waals surface area contributed by atoms with Crippen LogP contribution < -0.4 is 5.32 Å². The number of hydrogen-bond donors (Lipinski definition) is 2. The van der Waals surface area contributed by atoms with Crippen LogP contribution in [0.2, 0.25) is 0 Å². The molecule has 2 aromatic rings. The fourth-order valence-corrected chi connectivity index (χ4v) is 3.54. The summed E-state index contributed by atoms with van der Waals surface area (Å²) in [5.74, 6) is 0. The largest absolute Gasteiger partial charge is 0.416 e. The maximum atomic E-state index is 12.7. The summed E-state index contributed by atoms with van der Waals surface area (Å²) < 4.78 is 38.2. The van der Waals surface area contributed by atoms with Gasteiger partial charge in [0.2, 0.25) is 0 Å². The van der Waals surface area contributed by atoms with Gasteiger partial charge in [0.1, 0.15) is 0 Å². The standard InChI is InChI=1S/C16H19F3N4/c1-10-7-15(2,8-13(21-10)14-9-20-23-22-14)11-3-5-12(6-4-11)16(17,18)19/h3-6,9-10,13,21H,7-8H2,1-2H3,(H,20,22,23). The van der Waals surface area contributed by atoms with Gasteiger partial charge in [0, 0.05) is 6.04 Å². The molecular formula is C16H19F3N4. The van der Waals surface area contributed by atoms with Gasteiger partial charge in [-0.15, -0.1) is 0 Å². The molecule has 3 atom stereocenters. The Morgan fingerprint density at radius 3 is 2.43 bits per heavy atom. The Bertz CT molecular complexity index is 651. The number of aromatic nitrogens is 3. The Kier molecular flexibility index (Phi) is 3.91. The van der Waals surface area contributed by atoms with Gasteiger partial charge in [-0.2, -0.15) is 28.6 Å². The molecule has 4 nitrogen and oxygen atoms in total. The van der Waals surface area contributed by atoms with Gasteiger partial charge < -0.3 is 5.32 Å². The Balaban J connectivity index is 1.87. The third-order valence-corrected chi connectivity index (χ3v) is 4.60. The zero-order valence-electron chi connectivity index (χ0n) is 13.0. The Morgan fingerprint density at radius 2 is 1.87 bits per heavy atom. The number of nitrogens with one attached hydrogen (secondary N) is 2. The molecule has 2 heterocycles. The highest BCUT2D eigenvalue weighted by molar-refractivity contribution is 5.31. The Labute approximate surface area is 132 Å². The first-order chi connectivity index (χ1) is 10.8. The average molecular weight is 324 g/mol. The van der Waals surface area contributed by atoms with Gasteiger partial charge in [-0.25, -0.2) is 0 Å². The van der Waals surface area contributed by atoms with E-state index in [4.69, 9.17) is 0 Å². The van der Waals surface area contributed by atoms with E-state index in [2.05, 4.69) is 34.6 Å². The fourth-order valence-electron chi connectivity index (χ4n) is 3.54. The Hall–Kier alpha value is -1.89. The van der Waals surface area contributed by atoms with Gasteiger partial charge >= 0.3 is 6.18 Å². The zero-order chi connectivity index (χ0) is 16.7. The van der Waals surface area contributed by atoms with Crippen molar-refractivity contribution in [1.29, 1.82) is 0 Å². The van der Waals surface area contributed by atoms with Crippen LogP contribution >= 0.6 is 0 Å². The molecule has 0 aliphatic carbocycles. The molecule has 2 N–H and O–H groups in total. The summed E-state index contributed by atoms with van der Waals surface area (Å²) in [5.41, 5.74) is 0.931. The molecule has 0 saturated carbocycles. The fraction of sp³-hybridized carbons (Fsp3) is 0.500. The van der Waals surface area contributed by atoms with Gasteiger partial charge in [-0.05, 0) is 42.9 Å². The molecule has 1 aromatic heterocycles. The first-order valence-electron chi connectivity index (χ1n) is 7.57.